The molecule has 0 saturated heterocycles. The van der Waals surface area contributed by atoms with Crippen molar-refractivity contribution in [2.45, 2.75) is 20.3 Å². The number of hydrogen-bond donors (Lipinski definition) is 2. The number of amidine groups is 1. The third-order valence-corrected chi connectivity index (χ3v) is 2.19. The highest BCUT2D eigenvalue weighted by atomic mass is 16.7. The lowest BCUT2D eigenvalue weighted by molar-refractivity contribution is -0.143. The average Bonchev–Trinajstić information content (AvgIpc) is 2.29. The zero-order chi connectivity index (χ0) is 12.1. The van der Waals surface area contributed by atoms with E-state index in [1.54, 1.807) is 25.1 Å². The summed E-state index contributed by atoms with van der Waals surface area (Å²) in [5.74, 6) is -0.281. The summed E-state index contributed by atoms with van der Waals surface area (Å²) < 4.78 is 0. The summed E-state index contributed by atoms with van der Waals surface area (Å²) >= 11 is 0. The quantitative estimate of drug-likeness (QED) is 0.263. The molecule has 1 aromatic carbocycles. The Bertz CT molecular complexity index is 427. The van der Waals surface area contributed by atoms with Gasteiger partial charge in [-0.3, -0.25) is 0 Å². The van der Waals surface area contributed by atoms with Gasteiger partial charge in [-0.15, -0.1) is 0 Å². The molecule has 0 radical (unpaired) electrons. The molecule has 0 saturated carbocycles. The molecule has 0 bridgehead atoms. The molecule has 0 aromatic heterocycles. The first-order valence-corrected chi connectivity index (χ1v) is 4.95. The van der Waals surface area contributed by atoms with Crippen LogP contribution in [0.4, 0.5) is 5.69 Å². The van der Waals surface area contributed by atoms with Crippen molar-refractivity contribution in [1.82, 2.24) is 0 Å². The number of benzene rings is 1. The highest BCUT2D eigenvalue weighted by Crippen LogP contribution is 2.15. The van der Waals surface area contributed by atoms with Crippen LogP contribution >= 0.6 is 0 Å². The summed E-state index contributed by atoms with van der Waals surface area (Å²) in [5, 5.41) is 3.56. The Morgan fingerprint density at radius 3 is 2.81 bits per heavy atom. The van der Waals surface area contributed by atoms with Crippen LogP contribution in [-0.4, -0.2) is 11.8 Å². The SMILES string of the molecule is CCC(=O)O/N=C(\N)c1cccc(N)c1C. The first-order valence-electron chi connectivity index (χ1n) is 4.95. The monoisotopic (exact) mass is 221 g/mol. The second-order valence-electron chi connectivity index (χ2n) is 3.31. The van der Waals surface area contributed by atoms with Crippen molar-refractivity contribution < 1.29 is 9.63 Å². The summed E-state index contributed by atoms with van der Waals surface area (Å²) in [5.41, 5.74) is 13.5. The zero-order valence-corrected chi connectivity index (χ0v) is 9.36. The second-order valence-corrected chi connectivity index (χ2v) is 3.31. The van der Waals surface area contributed by atoms with E-state index in [0.29, 0.717) is 11.3 Å². The van der Waals surface area contributed by atoms with Crippen molar-refractivity contribution in [3.63, 3.8) is 0 Å². The van der Waals surface area contributed by atoms with Crippen LogP contribution in [0.1, 0.15) is 24.5 Å². The van der Waals surface area contributed by atoms with E-state index >= 15 is 0 Å². The molecule has 0 aliphatic heterocycles. The maximum absolute atomic E-state index is 10.9. The summed E-state index contributed by atoms with van der Waals surface area (Å²) in [7, 11) is 0. The van der Waals surface area contributed by atoms with Gasteiger partial charge < -0.3 is 16.3 Å². The van der Waals surface area contributed by atoms with E-state index in [9.17, 15) is 4.79 Å². The van der Waals surface area contributed by atoms with E-state index in [2.05, 4.69) is 9.99 Å². The maximum atomic E-state index is 10.9. The molecule has 1 rings (SSSR count). The van der Waals surface area contributed by atoms with Gasteiger partial charge in [-0.1, -0.05) is 24.2 Å². The predicted molar refractivity (Wildman–Crippen MR) is 62.7 cm³/mol. The fourth-order valence-corrected chi connectivity index (χ4v) is 1.14. The van der Waals surface area contributed by atoms with Crippen LogP contribution in [0.25, 0.3) is 0 Å². The minimum absolute atomic E-state index is 0.145. The highest BCUT2D eigenvalue weighted by molar-refractivity contribution is 5.99. The maximum Gasteiger partial charge on any atom is 0.334 e. The van der Waals surface area contributed by atoms with Crippen LogP contribution in [0.5, 0.6) is 0 Å². The minimum Gasteiger partial charge on any atom is -0.398 e. The van der Waals surface area contributed by atoms with E-state index in [4.69, 9.17) is 11.5 Å². The summed E-state index contributed by atoms with van der Waals surface area (Å²) in [6.07, 6.45) is 0.257. The van der Waals surface area contributed by atoms with Gasteiger partial charge in [-0.25, -0.2) is 4.79 Å². The number of anilines is 1. The Kier molecular flexibility index (Phi) is 3.88. The van der Waals surface area contributed by atoms with Crippen LogP contribution in [-0.2, 0) is 9.63 Å². The van der Waals surface area contributed by atoms with Gasteiger partial charge in [0.2, 0.25) is 0 Å². The molecule has 16 heavy (non-hydrogen) atoms. The zero-order valence-electron chi connectivity index (χ0n) is 9.36. The van der Waals surface area contributed by atoms with E-state index < -0.39 is 5.97 Å². The molecule has 86 valence electrons. The van der Waals surface area contributed by atoms with Crippen molar-refractivity contribution in [3.05, 3.63) is 29.3 Å². The van der Waals surface area contributed by atoms with Gasteiger partial charge in [0.05, 0.1) is 0 Å². The molecule has 0 heterocycles. The van der Waals surface area contributed by atoms with Crippen LogP contribution in [0.15, 0.2) is 23.4 Å². The van der Waals surface area contributed by atoms with E-state index in [1.165, 1.54) is 0 Å². The van der Waals surface area contributed by atoms with Crippen molar-refractivity contribution in [2.24, 2.45) is 10.9 Å². The smallest absolute Gasteiger partial charge is 0.334 e. The third kappa shape index (κ3) is 2.73. The Balaban J connectivity index is 2.92. The van der Waals surface area contributed by atoms with Crippen molar-refractivity contribution in [2.75, 3.05) is 5.73 Å². The molecule has 5 nitrogen and oxygen atoms in total. The average molecular weight is 221 g/mol. The lowest BCUT2D eigenvalue weighted by atomic mass is 10.1. The topological polar surface area (TPSA) is 90.7 Å². The molecular formula is C11H15N3O2. The van der Waals surface area contributed by atoms with Crippen LogP contribution in [0.2, 0.25) is 0 Å². The number of carbonyl (C=O) groups excluding carboxylic acids is 1. The van der Waals surface area contributed by atoms with Crippen molar-refractivity contribution in [1.29, 1.82) is 0 Å². The standard InChI is InChI=1S/C11H15N3O2/c1-3-10(15)16-14-11(13)8-5-4-6-9(12)7(8)2/h4-6H,3,12H2,1-2H3,(H2,13,14). The first-order chi connectivity index (χ1) is 7.56. The molecule has 1 aromatic rings. The van der Waals surface area contributed by atoms with Crippen LogP contribution in [0, 0.1) is 6.92 Å². The predicted octanol–water partition coefficient (Wildman–Crippen LogP) is 1.15. The van der Waals surface area contributed by atoms with E-state index in [1.807, 2.05) is 6.92 Å². The van der Waals surface area contributed by atoms with Crippen LogP contribution in [0.3, 0.4) is 0 Å². The second kappa shape index (κ2) is 5.16. The Labute approximate surface area is 94.1 Å². The largest absolute Gasteiger partial charge is 0.398 e. The molecular weight excluding hydrogens is 206 g/mol. The first kappa shape index (κ1) is 12.0. The number of carbonyl (C=O) groups is 1. The minimum atomic E-state index is -0.426. The fraction of sp³-hybridized carbons (Fsp3) is 0.273. The molecule has 0 fully saturated rings. The van der Waals surface area contributed by atoms with E-state index in [-0.39, 0.29) is 12.3 Å². The molecule has 0 atom stereocenters. The molecule has 0 aliphatic carbocycles. The lowest BCUT2D eigenvalue weighted by Crippen LogP contribution is -2.17. The fourth-order valence-electron chi connectivity index (χ4n) is 1.14. The number of hydrogen-bond acceptors (Lipinski definition) is 4. The van der Waals surface area contributed by atoms with Crippen LogP contribution < -0.4 is 11.5 Å². The molecule has 0 unspecified atom stereocenters. The van der Waals surface area contributed by atoms with Gasteiger partial charge in [0.15, 0.2) is 5.84 Å². The molecule has 0 amide bonds. The molecule has 5 heteroatoms. The number of oxime groups is 1. The summed E-state index contributed by atoms with van der Waals surface area (Å²) in [6.45, 7) is 3.51. The summed E-state index contributed by atoms with van der Waals surface area (Å²) in [4.78, 5) is 15.5. The Morgan fingerprint density at radius 1 is 1.50 bits per heavy atom. The summed E-state index contributed by atoms with van der Waals surface area (Å²) in [6, 6.07) is 5.30. The van der Waals surface area contributed by atoms with Gasteiger partial charge in [-0.05, 0) is 18.6 Å². The number of nitrogens with zero attached hydrogens (tertiary/aromatic N) is 1. The number of rotatable bonds is 3. The van der Waals surface area contributed by atoms with Gasteiger partial charge in [0.1, 0.15) is 0 Å². The Morgan fingerprint density at radius 2 is 2.19 bits per heavy atom. The van der Waals surface area contributed by atoms with Crippen molar-refractivity contribution >= 4 is 17.5 Å². The number of nitrogens with two attached hydrogens (primary N) is 2. The molecule has 4 N–H and O–H groups in total. The van der Waals surface area contributed by atoms with Gasteiger partial charge in [0, 0.05) is 17.7 Å². The number of nitrogen functional groups attached to an aromatic ring is 1. The van der Waals surface area contributed by atoms with Gasteiger partial charge in [0.25, 0.3) is 0 Å². The van der Waals surface area contributed by atoms with E-state index in [0.717, 1.165) is 5.56 Å². The molecule has 0 aliphatic rings. The molecule has 0 spiro atoms. The highest BCUT2D eigenvalue weighted by Gasteiger charge is 2.06. The third-order valence-electron chi connectivity index (χ3n) is 2.19. The lowest BCUT2D eigenvalue weighted by Gasteiger charge is -2.06. The Hall–Kier alpha value is -2.04. The van der Waals surface area contributed by atoms with Crippen molar-refractivity contribution in [3.8, 4) is 0 Å². The van der Waals surface area contributed by atoms with Gasteiger partial charge in [-0.2, -0.15) is 0 Å². The van der Waals surface area contributed by atoms with Gasteiger partial charge >= 0.3 is 5.97 Å². The normalized spacial score (nSPS) is 11.2.